The Bertz CT molecular complexity index is 1270. The number of hydrogen-bond acceptors (Lipinski definition) is 2. The molecule has 4 aromatic carbocycles. The van der Waals surface area contributed by atoms with Gasteiger partial charge in [0.1, 0.15) is 12.6 Å². The van der Waals surface area contributed by atoms with E-state index in [1.807, 2.05) is 62.4 Å². The minimum Gasteiger partial charge on any atom is -0.298 e. The second-order valence-electron chi connectivity index (χ2n) is 7.96. The topological polar surface area (TPSA) is 34.1 Å². The van der Waals surface area contributed by atoms with Crippen molar-refractivity contribution in [1.82, 2.24) is 0 Å². The average Bonchev–Trinajstić information content (AvgIpc) is 2.82. The summed E-state index contributed by atoms with van der Waals surface area (Å²) in [5.41, 5.74) is 7.89. The number of rotatable bonds is 6. The highest BCUT2D eigenvalue weighted by atomic mass is 16.1. The first-order valence-corrected chi connectivity index (χ1v) is 10.6. The van der Waals surface area contributed by atoms with Gasteiger partial charge in [-0.2, -0.15) is 0 Å². The van der Waals surface area contributed by atoms with E-state index < -0.39 is 0 Å². The molecule has 0 unspecified atom stereocenters. The van der Waals surface area contributed by atoms with E-state index in [-0.39, 0.29) is 0 Å². The van der Waals surface area contributed by atoms with Gasteiger partial charge < -0.3 is 0 Å². The minimum absolute atomic E-state index is 0.685. The van der Waals surface area contributed by atoms with Crippen molar-refractivity contribution in [2.24, 2.45) is 0 Å². The fourth-order valence-corrected chi connectivity index (χ4v) is 3.84. The molecular weight excluding hydrogens is 392 g/mol. The van der Waals surface area contributed by atoms with Crippen molar-refractivity contribution < 1.29 is 9.59 Å². The molecule has 0 fully saturated rings. The molecule has 0 N–H and O–H groups in total. The molecule has 0 bridgehead atoms. The highest BCUT2D eigenvalue weighted by Crippen LogP contribution is 2.25. The molecule has 0 aromatic heterocycles. The summed E-state index contributed by atoms with van der Waals surface area (Å²) in [6.07, 6.45) is 10.2. The Morgan fingerprint density at radius 1 is 0.500 bits per heavy atom. The van der Waals surface area contributed by atoms with E-state index >= 15 is 0 Å². The number of fused-ring (bicyclic) bond motifs is 1. The first-order valence-electron chi connectivity index (χ1n) is 10.6. The maximum Gasteiger partial charge on any atom is 0.150 e. The van der Waals surface area contributed by atoms with Crippen LogP contribution in [0.2, 0.25) is 0 Å². The summed E-state index contributed by atoms with van der Waals surface area (Å²) in [7, 11) is 0. The number of aryl methyl sites for hydroxylation is 2. The van der Waals surface area contributed by atoms with Crippen molar-refractivity contribution in [3.05, 3.63) is 117 Å². The molecule has 0 amide bonds. The van der Waals surface area contributed by atoms with Crippen molar-refractivity contribution in [1.29, 1.82) is 0 Å². The molecule has 32 heavy (non-hydrogen) atoms. The van der Waals surface area contributed by atoms with E-state index in [4.69, 9.17) is 0 Å². The average molecular weight is 417 g/mol. The van der Waals surface area contributed by atoms with Gasteiger partial charge in [0.2, 0.25) is 0 Å². The summed E-state index contributed by atoms with van der Waals surface area (Å²) >= 11 is 0. The van der Waals surface area contributed by atoms with Crippen LogP contribution >= 0.6 is 0 Å². The fraction of sp³-hybridized carbons (Fsp3) is 0.0667. The van der Waals surface area contributed by atoms with Gasteiger partial charge in [-0.15, -0.1) is 0 Å². The second kappa shape index (κ2) is 9.40. The molecule has 0 heterocycles. The molecule has 0 saturated heterocycles. The van der Waals surface area contributed by atoms with Crippen LogP contribution in [0.15, 0.2) is 72.8 Å². The Kier molecular flexibility index (Phi) is 6.23. The van der Waals surface area contributed by atoms with E-state index in [0.717, 1.165) is 46.0 Å². The molecular formula is C30H24O2. The normalized spacial score (nSPS) is 11.4. The Hall–Kier alpha value is -4.04. The van der Waals surface area contributed by atoms with E-state index in [0.29, 0.717) is 11.1 Å². The predicted octanol–water partition coefficient (Wildman–Crippen LogP) is 7.42. The van der Waals surface area contributed by atoms with Crippen molar-refractivity contribution in [3.63, 3.8) is 0 Å². The first-order chi connectivity index (χ1) is 15.6. The van der Waals surface area contributed by atoms with Crippen LogP contribution < -0.4 is 0 Å². The molecule has 156 valence electrons. The monoisotopic (exact) mass is 416 g/mol. The lowest BCUT2D eigenvalue weighted by atomic mass is 9.97. The Morgan fingerprint density at radius 2 is 0.906 bits per heavy atom. The van der Waals surface area contributed by atoms with Crippen molar-refractivity contribution in [2.45, 2.75) is 13.8 Å². The van der Waals surface area contributed by atoms with Crippen LogP contribution in [-0.2, 0) is 0 Å². The molecule has 0 spiro atoms. The first kappa shape index (κ1) is 21.2. The van der Waals surface area contributed by atoms with Crippen LogP contribution in [0.5, 0.6) is 0 Å². The second-order valence-corrected chi connectivity index (χ2v) is 7.96. The van der Waals surface area contributed by atoms with Gasteiger partial charge in [0, 0.05) is 11.1 Å². The summed E-state index contributed by atoms with van der Waals surface area (Å²) in [5.74, 6) is 0. The highest BCUT2D eigenvalue weighted by Gasteiger charge is 2.03. The number of hydrogen-bond donors (Lipinski definition) is 0. The van der Waals surface area contributed by atoms with Crippen LogP contribution in [0.1, 0.15) is 54.1 Å². The van der Waals surface area contributed by atoms with E-state index in [1.54, 1.807) is 0 Å². The fourth-order valence-electron chi connectivity index (χ4n) is 3.84. The predicted molar refractivity (Wildman–Crippen MR) is 135 cm³/mol. The third-order valence-electron chi connectivity index (χ3n) is 5.70. The lowest BCUT2D eigenvalue weighted by Crippen LogP contribution is -1.87. The molecule has 0 radical (unpaired) electrons. The van der Waals surface area contributed by atoms with Gasteiger partial charge in [0.25, 0.3) is 0 Å². The zero-order chi connectivity index (χ0) is 22.5. The Labute approximate surface area is 188 Å². The minimum atomic E-state index is 0.685. The molecule has 0 saturated carbocycles. The van der Waals surface area contributed by atoms with E-state index in [2.05, 4.69) is 48.6 Å². The van der Waals surface area contributed by atoms with Gasteiger partial charge in [-0.3, -0.25) is 9.59 Å². The molecule has 4 aromatic rings. The van der Waals surface area contributed by atoms with Gasteiger partial charge in [-0.1, -0.05) is 72.8 Å². The Morgan fingerprint density at radius 3 is 1.28 bits per heavy atom. The number of carbonyl (C=O) groups is 2. The summed E-state index contributed by atoms with van der Waals surface area (Å²) < 4.78 is 0. The van der Waals surface area contributed by atoms with Gasteiger partial charge >= 0.3 is 0 Å². The molecule has 0 aliphatic rings. The van der Waals surface area contributed by atoms with E-state index in [1.165, 1.54) is 10.8 Å². The van der Waals surface area contributed by atoms with Crippen LogP contribution in [0.4, 0.5) is 0 Å². The SMILES string of the molecule is Cc1cc(C=O)ccc1/C=C/c1cc2ccccc2cc1/C=C/c1ccc(C=O)cc1C. The lowest BCUT2D eigenvalue weighted by Gasteiger charge is -2.07. The van der Waals surface area contributed by atoms with Crippen molar-refractivity contribution >= 4 is 47.6 Å². The molecule has 4 rings (SSSR count). The Balaban J connectivity index is 1.75. The van der Waals surface area contributed by atoms with Crippen LogP contribution in [0, 0.1) is 13.8 Å². The summed E-state index contributed by atoms with van der Waals surface area (Å²) in [5, 5.41) is 2.37. The largest absolute Gasteiger partial charge is 0.298 e. The zero-order valence-corrected chi connectivity index (χ0v) is 18.2. The maximum atomic E-state index is 11.0. The lowest BCUT2D eigenvalue weighted by molar-refractivity contribution is 0.111. The summed E-state index contributed by atoms with van der Waals surface area (Å²) in [4.78, 5) is 22.0. The van der Waals surface area contributed by atoms with Crippen molar-refractivity contribution in [2.75, 3.05) is 0 Å². The third-order valence-corrected chi connectivity index (χ3v) is 5.70. The quantitative estimate of drug-likeness (QED) is 0.242. The molecule has 0 aliphatic carbocycles. The highest BCUT2D eigenvalue weighted by molar-refractivity contribution is 5.92. The number of aldehydes is 2. The maximum absolute atomic E-state index is 11.0. The number of carbonyl (C=O) groups excluding carboxylic acids is 2. The van der Waals surface area contributed by atoms with Gasteiger partial charge in [-0.05, 0) is 82.3 Å². The van der Waals surface area contributed by atoms with Crippen LogP contribution in [-0.4, -0.2) is 12.6 Å². The summed E-state index contributed by atoms with van der Waals surface area (Å²) in [6.45, 7) is 4.03. The summed E-state index contributed by atoms with van der Waals surface area (Å²) in [6, 6.07) is 24.2. The van der Waals surface area contributed by atoms with Gasteiger partial charge in [0.05, 0.1) is 0 Å². The molecule has 2 nitrogen and oxygen atoms in total. The van der Waals surface area contributed by atoms with Gasteiger partial charge in [0.15, 0.2) is 0 Å². The smallest absolute Gasteiger partial charge is 0.150 e. The van der Waals surface area contributed by atoms with Gasteiger partial charge in [-0.25, -0.2) is 0 Å². The molecule has 2 heteroatoms. The molecule has 0 atom stereocenters. The third kappa shape index (κ3) is 4.65. The van der Waals surface area contributed by atoms with Crippen molar-refractivity contribution in [3.8, 4) is 0 Å². The standard InChI is InChI=1S/C30H24O2/c1-21-15-23(19-31)7-9-25(21)11-13-29-17-27-5-3-4-6-28(27)18-30(29)14-12-26-10-8-24(20-32)16-22(26)2/h3-20H,1-2H3/b13-11+,14-12+. The number of benzene rings is 4. The van der Waals surface area contributed by atoms with Crippen LogP contribution in [0.3, 0.4) is 0 Å². The molecule has 0 aliphatic heterocycles. The van der Waals surface area contributed by atoms with Crippen LogP contribution in [0.25, 0.3) is 35.1 Å². The zero-order valence-electron chi connectivity index (χ0n) is 18.2. The van der Waals surface area contributed by atoms with E-state index in [9.17, 15) is 9.59 Å².